The molecule has 0 bridgehead atoms. The Morgan fingerprint density at radius 2 is 1.92 bits per heavy atom. The van der Waals surface area contributed by atoms with Crippen molar-refractivity contribution in [3.63, 3.8) is 0 Å². The van der Waals surface area contributed by atoms with E-state index in [4.69, 9.17) is 9.47 Å². The zero-order chi connectivity index (χ0) is 18.9. The molecular formula is C18H20N2O5S. The molecule has 0 aliphatic heterocycles. The van der Waals surface area contributed by atoms with Gasteiger partial charge in [-0.15, -0.1) is 11.3 Å². The summed E-state index contributed by atoms with van der Waals surface area (Å²) in [7, 11) is 1.55. The fraction of sp³-hybridized carbons (Fsp3) is 0.278. The molecule has 2 aromatic rings. The van der Waals surface area contributed by atoms with Gasteiger partial charge in [0.15, 0.2) is 6.61 Å². The van der Waals surface area contributed by atoms with Crippen LogP contribution in [0.1, 0.15) is 22.2 Å². The lowest BCUT2D eigenvalue weighted by molar-refractivity contribution is -0.150. The van der Waals surface area contributed by atoms with E-state index in [1.165, 1.54) is 18.3 Å². The molecule has 0 saturated carbocycles. The number of hydrogen-bond donors (Lipinski definition) is 2. The summed E-state index contributed by atoms with van der Waals surface area (Å²) in [6.45, 7) is 1.33. The minimum absolute atomic E-state index is 0.255. The lowest BCUT2D eigenvalue weighted by atomic mass is 10.2. The van der Waals surface area contributed by atoms with Gasteiger partial charge < -0.3 is 20.1 Å². The SMILES string of the molecule is COc1ccccc1CNC(=O)COC(=O)C(C)NC(=O)c1cccs1. The topological polar surface area (TPSA) is 93.7 Å². The molecule has 8 heteroatoms. The Labute approximate surface area is 155 Å². The van der Waals surface area contributed by atoms with Gasteiger partial charge >= 0.3 is 5.97 Å². The number of amides is 2. The lowest BCUT2D eigenvalue weighted by Crippen LogP contribution is -2.40. The first-order valence-electron chi connectivity index (χ1n) is 7.91. The Kier molecular flexibility index (Phi) is 7.16. The second-order valence-corrected chi connectivity index (χ2v) is 6.32. The highest BCUT2D eigenvalue weighted by atomic mass is 32.1. The number of esters is 1. The van der Waals surface area contributed by atoms with Crippen LogP contribution in [0.5, 0.6) is 5.75 Å². The van der Waals surface area contributed by atoms with Crippen molar-refractivity contribution in [3.8, 4) is 5.75 Å². The molecule has 0 aliphatic carbocycles. The summed E-state index contributed by atoms with van der Waals surface area (Å²) in [6.07, 6.45) is 0. The third kappa shape index (κ3) is 5.59. The molecule has 0 saturated heterocycles. The second-order valence-electron chi connectivity index (χ2n) is 5.37. The minimum Gasteiger partial charge on any atom is -0.496 e. The molecule has 0 spiro atoms. The molecule has 0 fully saturated rings. The van der Waals surface area contributed by atoms with Gasteiger partial charge in [0.05, 0.1) is 12.0 Å². The molecule has 2 N–H and O–H groups in total. The predicted octanol–water partition coefficient (Wildman–Crippen LogP) is 1.73. The van der Waals surface area contributed by atoms with Gasteiger partial charge in [0.25, 0.3) is 11.8 Å². The Morgan fingerprint density at radius 1 is 1.15 bits per heavy atom. The van der Waals surface area contributed by atoms with Gasteiger partial charge in [-0.05, 0) is 24.4 Å². The molecule has 0 aliphatic rings. The number of thiophene rings is 1. The molecular weight excluding hydrogens is 356 g/mol. The number of methoxy groups -OCH3 is 1. The van der Waals surface area contributed by atoms with Crippen molar-refractivity contribution >= 4 is 29.1 Å². The summed E-state index contributed by atoms with van der Waals surface area (Å²) >= 11 is 1.27. The maximum absolute atomic E-state index is 11.9. The highest BCUT2D eigenvalue weighted by Crippen LogP contribution is 2.16. The Hall–Kier alpha value is -2.87. The van der Waals surface area contributed by atoms with E-state index in [9.17, 15) is 14.4 Å². The molecule has 2 rings (SSSR count). The van der Waals surface area contributed by atoms with Gasteiger partial charge in [-0.3, -0.25) is 9.59 Å². The van der Waals surface area contributed by atoms with Crippen LogP contribution in [-0.2, 0) is 20.9 Å². The van der Waals surface area contributed by atoms with Gasteiger partial charge in [0.1, 0.15) is 11.8 Å². The largest absolute Gasteiger partial charge is 0.496 e. The molecule has 0 radical (unpaired) electrons. The number of rotatable bonds is 8. The van der Waals surface area contributed by atoms with E-state index in [0.29, 0.717) is 10.6 Å². The number of carbonyl (C=O) groups excluding carboxylic acids is 3. The number of ether oxygens (including phenoxy) is 2. The minimum atomic E-state index is -0.855. The molecule has 1 aromatic heterocycles. The number of para-hydroxylation sites is 1. The lowest BCUT2D eigenvalue weighted by Gasteiger charge is -2.13. The van der Waals surface area contributed by atoms with Crippen molar-refractivity contribution in [2.45, 2.75) is 19.5 Å². The summed E-state index contributed by atoms with van der Waals surface area (Å²) in [5, 5.41) is 6.94. The van der Waals surface area contributed by atoms with Gasteiger partial charge in [0.2, 0.25) is 0 Å². The molecule has 1 atom stereocenters. The van der Waals surface area contributed by atoms with Crippen LogP contribution in [0, 0.1) is 0 Å². The average Bonchev–Trinajstić information content (AvgIpc) is 3.19. The predicted molar refractivity (Wildman–Crippen MR) is 97.0 cm³/mol. The number of nitrogens with one attached hydrogen (secondary N) is 2. The second kappa shape index (κ2) is 9.57. The van der Waals surface area contributed by atoms with Crippen LogP contribution >= 0.6 is 11.3 Å². The Balaban J connectivity index is 1.74. The standard InChI is InChI=1S/C18H20N2O5S/c1-12(20-17(22)15-8-5-9-26-15)18(23)25-11-16(21)19-10-13-6-3-4-7-14(13)24-2/h3-9,12H,10-11H2,1-2H3,(H,19,21)(H,20,22). The third-order valence-electron chi connectivity index (χ3n) is 3.46. The summed E-state index contributed by atoms with van der Waals surface area (Å²) in [5.74, 6) is -0.817. The quantitative estimate of drug-likeness (QED) is 0.685. The fourth-order valence-electron chi connectivity index (χ4n) is 2.09. The van der Waals surface area contributed by atoms with Gasteiger partial charge in [0, 0.05) is 12.1 Å². The molecule has 2 amide bonds. The highest BCUT2D eigenvalue weighted by Gasteiger charge is 2.19. The van der Waals surface area contributed by atoms with E-state index in [-0.39, 0.29) is 12.5 Å². The van der Waals surface area contributed by atoms with Gasteiger partial charge in [-0.25, -0.2) is 4.79 Å². The molecule has 26 heavy (non-hydrogen) atoms. The molecule has 7 nitrogen and oxygen atoms in total. The van der Waals surface area contributed by atoms with E-state index in [2.05, 4.69) is 10.6 Å². The monoisotopic (exact) mass is 376 g/mol. The van der Waals surface area contributed by atoms with Crippen molar-refractivity contribution in [2.24, 2.45) is 0 Å². The fourth-order valence-corrected chi connectivity index (χ4v) is 2.72. The zero-order valence-electron chi connectivity index (χ0n) is 14.5. The molecule has 1 heterocycles. The van der Waals surface area contributed by atoms with Crippen molar-refractivity contribution in [1.29, 1.82) is 0 Å². The summed E-state index contributed by atoms with van der Waals surface area (Å²) in [5.41, 5.74) is 0.811. The number of hydrogen-bond acceptors (Lipinski definition) is 6. The highest BCUT2D eigenvalue weighted by molar-refractivity contribution is 7.12. The van der Waals surface area contributed by atoms with Crippen molar-refractivity contribution < 1.29 is 23.9 Å². The van der Waals surface area contributed by atoms with E-state index < -0.39 is 24.5 Å². The normalized spacial score (nSPS) is 11.3. The molecule has 1 unspecified atom stereocenters. The Morgan fingerprint density at radius 3 is 2.62 bits per heavy atom. The van der Waals surface area contributed by atoms with E-state index >= 15 is 0 Å². The van der Waals surface area contributed by atoms with Crippen LogP contribution in [-0.4, -0.2) is 37.5 Å². The number of benzene rings is 1. The Bertz CT molecular complexity index is 761. The van der Waals surface area contributed by atoms with E-state index in [1.54, 1.807) is 30.7 Å². The first-order chi connectivity index (χ1) is 12.5. The van der Waals surface area contributed by atoms with Crippen LogP contribution in [0.15, 0.2) is 41.8 Å². The van der Waals surface area contributed by atoms with Crippen LogP contribution in [0.2, 0.25) is 0 Å². The maximum atomic E-state index is 11.9. The summed E-state index contributed by atoms with van der Waals surface area (Å²) in [6, 6.07) is 9.83. The van der Waals surface area contributed by atoms with E-state index in [0.717, 1.165) is 5.56 Å². The van der Waals surface area contributed by atoms with Crippen molar-refractivity contribution in [2.75, 3.05) is 13.7 Å². The average molecular weight is 376 g/mol. The van der Waals surface area contributed by atoms with Crippen LogP contribution in [0.4, 0.5) is 0 Å². The van der Waals surface area contributed by atoms with Crippen molar-refractivity contribution in [3.05, 3.63) is 52.2 Å². The van der Waals surface area contributed by atoms with Crippen molar-refractivity contribution in [1.82, 2.24) is 10.6 Å². The van der Waals surface area contributed by atoms with Gasteiger partial charge in [-0.1, -0.05) is 24.3 Å². The first kappa shape index (κ1) is 19.5. The molecule has 138 valence electrons. The smallest absolute Gasteiger partial charge is 0.328 e. The van der Waals surface area contributed by atoms with E-state index in [1.807, 2.05) is 18.2 Å². The molecule has 1 aromatic carbocycles. The summed E-state index contributed by atoms with van der Waals surface area (Å²) < 4.78 is 10.1. The third-order valence-corrected chi connectivity index (χ3v) is 4.33. The maximum Gasteiger partial charge on any atom is 0.328 e. The zero-order valence-corrected chi connectivity index (χ0v) is 15.3. The van der Waals surface area contributed by atoms with Crippen LogP contribution in [0.25, 0.3) is 0 Å². The number of carbonyl (C=O) groups is 3. The summed E-state index contributed by atoms with van der Waals surface area (Å²) in [4.78, 5) is 36.1. The van der Waals surface area contributed by atoms with Crippen LogP contribution < -0.4 is 15.4 Å². The van der Waals surface area contributed by atoms with Crippen LogP contribution in [0.3, 0.4) is 0 Å². The first-order valence-corrected chi connectivity index (χ1v) is 8.79. The van der Waals surface area contributed by atoms with Gasteiger partial charge in [-0.2, -0.15) is 0 Å².